The summed E-state index contributed by atoms with van der Waals surface area (Å²) in [5.74, 6) is 0. The lowest BCUT2D eigenvalue weighted by Gasteiger charge is -2.07. The minimum absolute atomic E-state index is 0.996. The molecule has 0 aliphatic carbocycles. The number of aromatic nitrogens is 2. The summed E-state index contributed by atoms with van der Waals surface area (Å²) < 4.78 is 1.93. The number of rotatable bonds is 2. The van der Waals surface area contributed by atoms with E-state index in [9.17, 15) is 0 Å². The van der Waals surface area contributed by atoms with Crippen molar-refractivity contribution in [1.82, 2.24) is 5.10 Å². The number of fused-ring (bicyclic) bond motifs is 1. The molecule has 0 saturated heterocycles. The molecule has 104 valence electrons. The molecular weight excluding hydrogens is 268 g/mol. The molecule has 0 aliphatic rings. The fourth-order valence-electron chi connectivity index (χ4n) is 2.68. The van der Waals surface area contributed by atoms with Crippen molar-refractivity contribution in [3.63, 3.8) is 0 Å². The molecule has 2 heterocycles. The molecule has 0 unspecified atom stereocenters. The Morgan fingerprint density at radius 1 is 0.636 bits per heavy atom. The number of nitrogens with zero attached hydrogens (tertiary/aromatic N) is 2. The van der Waals surface area contributed by atoms with Gasteiger partial charge >= 0.3 is 0 Å². The molecule has 0 bridgehead atoms. The van der Waals surface area contributed by atoms with Gasteiger partial charge in [-0.1, -0.05) is 65.2 Å². The van der Waals surface area contributed by atoms with Gasteiger partial charge in [-0.05, 0) is 11.6 Å². The smallest absolute Gasteiger partial charge is 0.0622 e. The van der Waals surface area contributed by atoms with Crippen LogP contribution in [0, 0.1) is 0 Å². The highest BCUT2D eigenvalue weighted by molar-refractivity contribution is 5.81. The molecule has 2 nitrogen and oxygen atoms in total. The molecular formula is C20H15N2+. The number of hydrogen-bond donors (Lipinski definition) is 0. The van der Waals surface area contributed by atoms with Crippen LogP contribution in [0.3, 0.4) is 0 Å². The normalized spacial score (nSPS) is 10.7. The lowest BCUT2D eigenvalue weighted by molar-refractivity contribution is -0.579. The SMILES string of the molecule is c1ccc(-c2cc3cccc[n+]3nc2-c2ccccc2)cc1. The van der Waals surface area contributed by atoms with Gasteiger partial charge in [0.05, 0.1) is 0 Å². The summed E-state index contributed by atoms with van der Waals surface area (Å²) in [4.78, 5) is 0. The average molecular weight is 283 g/mol. The van der Waals surface area contributed by atoms with E-state index in [0.29, 0.717) is 0 Å². The Labute approximate surface area is 129 Å². The van der Waals surface area contributed by atoms with Crippen molar-refractivity contribution in [2.24, 2.45) is 0 Å². The summed E-state index contributed by atoms with van der Waals surface area (Å²) in [6.07, 6.45) is 1.98. The van der Waals surface area contributed by atoms with E-state index < -0.39 is 0 Å². The summed E-state index contributed by atoms with van der Waals surface area (Å²) in [7, 11) is 0. The van der Waals surface area contributed by atoms with E-state index in [4.69, 9.17) is 5.10 Å². The van der Waals surface area contributed by atoms with E-state index in [1.54, 1.807) is 0 Å². The van der Waals surface area contributed by atoms with Crippen molar-refractivity contribution < 1.29 is 4.52 Å². The van der Waals surface area contributed by atoms with Gasteiger partial charge in [0.2, 0.25) is 11.7 Å². The second-order valence-corrected chi connectivity index (χ2v) is 5.21. The van der Waals surface area contributed by atoms with Crippen LogP contribution in [-0.4, -0.2) is 5.10 Å². The van der Waals surface area contributed by atoms with Gasteiger partial charge in [-0.25, -0.2) is 0 Å². The molecule has 0 aliphatic heterocycles. The second-order valence-electron chi connectivity index (χ2n) is 5.21. The first-order valence-electron chi connectivity index (χ1n) is 7.34. The third-order valence-electron chi connectivity index (χ3n) is 3.76. The zero-order valence-corrected chi connectivity index (χ0v) is 12.1. The molecule has 2 aromatic carbocycles. The quantitative estimate of drug-likeness (QED) is 0.505. The molecule has 2 aromatic heterocycles. The number of pyridine rings is 1. The predicted molar refractivity (Wildman–Crippen MR) is 88.3 cm³/mol. The molecule has 2 heteroatoms. The highest BCUT2D eigenvalue weighted by Gasteiger charge is 2.15. The summed E-state index contributed by atoms with van der Waals surface area (Å²) in [5, 5.41) is 4.84. The maximum atomic E-state index is 4.84. The van der Waals surface area contributed by atoms with Crippen molar-refractivity contribution in [2.45, 2.75) is 0 Å². The first-order chi connectivity index (χ1) is 10.9. The van der Waals surface area contributed by atoms with E-state index in [2.05, 4.69) is 48.5 Å². The Hall–Kier alpha value is -3.00. The maximum Gasteiger partial charge on any atom is 0.238 e. The summed E-state index contributed by atoms with van der Waals surface area (Å²) in [6.45, 7) is 0. The van der Waals surface area contributed by atoms with E-state index in [-0.39, 0.29) is 0 Å². The Morgan fingerprint density at radius 3 is 2.00 bits per heavy atom. The van der Waals surface area contributed by atoms with Crippen molar-refractivity contribution in [3.8, 4) is 22.4 Å². The van der Waals surface area contributed by atoms with E-state index in [1.165, 1.54) is 5.56 Å². The van der Waals surface area contributed by atoms with Crippen molar-refractivity contribution in [1.29, 1.82) is 0 Å². The highest BCUT2D eigenvalue weighted by atomic mass is 15.2. The molecule has 4 rings (SSSR count). The standard InChI is InChI=1S/C20H15N2/c1-3-9-16(10-4-1)19-15-18-13-7-8-14-22(18)21-20(19)17-11-5-2-6-12-17/h1-15H/q+1. The third-order valence-corrected chi connectivity index (χ3v) is 3.76. The number of benzene rings is 2. The second kappa shape index (κ2) is 5.41. The van der Waals surface area contributed by atoms with Gasteiger partial charge in [0.25, 0.3) is 0 Å². The summed E-state index contributed by atoms with van der Waals surface area (Å²) in [5.41, 5.74) is 5.54. The fourth-order valence-corrected chi connectivity index (χ4v) is 2.68. The van der Waals surface area contributed by atoms with Crippen LogP contribution in [0.4, 0.5) is 0 Å². The summed E-state index contributed by atoms with van der Waals surface area (Å²) in [6, 6.07) is 29.1. The largest absolute Gasteiger partial charge is 0.238 e. The Morgan fingerprint density at radius 2 is 1.27 bits per heavy atom. The Bertz CT molecular complexity index is 838. The molecule has 0 fully saturated rings. The molecule has 0 atom stereocenters. The molecule has 0 saturated carbocycles. The molecule has 22 heavy (non-hydrogen) atoms. The van der Waals surface area contributed by atoms with Crippen LogP contribution in [0.15, 0.2) is 91.1 Å². The minimum Gasteiger partial charge on any atom is -0.0622 e. The van der Waals surface area contributed by atoms with Gasteiger partial charge in [0.1, 0.15) is 5.69 Å². The van der Waals surface area contributed by atoms with Crippen LogP contribution in [0.2, 0.25) is 0 Å². The maximum absolute atomic E-state index is 4.84. The van der Waals surface area contributed by atoms with Crippen molar-refractivity contribution in [2.75, 3.05) is 0 Å². The molecule has 4 aromatic rings. The molecule has 0 amide bonds. The van der Waals surface area contributed by atoms with Crippen LogP contribution in [0.5, 0.6) is 0 Å². The van der Waals surface area contributed by atoms with Gasteiger partial charge in [-0.15, -0.1) is 0 Å². The fraction of sp³-hybridized carbons (Fsp3) is 0. The monoisotopic (exact) mass is 283 g/mol. The van der Waals surface area contributed by atoms with Gasteiger partial charge < -0.3 is 0 Å². The van der Waals surface area contributed by atoms with Crippen LogP contribution in [-0.2, 0) is 0 Å². The van der Waals surface area contributed by atoms with Crippen molar-refractivity contribution in [3.05, 3.63) is 91.1 Å². The Kier molecular flexibility index (Phi) is 3.13. The molecule has 0 spiro atoms. The van der Waals surface area contributed by atoms with E-state index in [1.807, 2.05) is 47.1 Å². The molecule has 0 radical (unpaired) electrons. The average Bonchev–Trinajstić information content (AvgIpc) is 2.62. The highest BCUT2D eigenvalue weighted by Crippen LogP contribution is 2.29. The van der Waals surface area contributed by atoms with Crippen molar-refractivity contribution >= 4 is 5.52 Å². The van der Waals surface area contributed by atoms with Crippen LogP contribution < -0.4 is 4.52 Å². The summed E-state index contributed by atoms with van der Waals surface area (Å²) >= 11 is 0. The lowest BCUT2D eigenvalue weighted by atomic mass is 9.99. The van der Waals surface area contributed by atoms with Gasteiger partial charge in [-0.2, -0.15) is 0 Å². The van der Waals surface area contributed by atoms with Crippen LogP contribution in [0.1, 0.15) is 0 Å². The minimum atomic E-state index is 0.996. The lowest BCUT2D eigenvalue weighted by Crippen LogP contribution is -2.26. The van der Waals surface area contributed by atoms with Gasteiger partial charge in [0.15, 0.2) is 0 Å². The van der Waals surface area contributed by atoms with Gasteiger partial charge in [0, 0.05) is 34.4 Å². The topological polar surface area (TPSA) is 17.0 Å². The Balaban J connectivity index is 2.04. The van der Waals surface area contributed by atoms with E-state index >= 15 is 0 Å². The molecule has 0 N–H and O–H groups in total. The zero-order chi connectivity index (χ0) is 14.8. The van der Waals surface area contributed by atoms with E-state index in [0.717, 1.165) is 22.3 Å². The third kappa shape index (κ3) is 2.25. The first-order valence-corrected chi connectivity index (χ1v) is 7.34. The predicted octanol–water partition coefficient (Wildman–Crippen LogP) is 4.15. The number of hydrogen-bond acceptors (Lipinski definition) is 1. The zero-order valence-electron chi connectivity index (χ0n) is 12.1. The first kappa shape index (κ1) is 12.7. The van der Waals surface area contributed by atoms with Crippen LogP contribution in [0.25, 0.3) is 27.9 Å². The van der Waals surface area contributed by atoms with Gasteiger partial charge in [-0.3, -0.25) is 0 Å². The van der Waals surface area contributed by atoms with Crippen LogP contribution >= 0.6 is 0 Å².